The van der Waals surface area contributed by atoms with E-state index in [0.717, 1.165) is 29.5 Å². The van der Waals surface area contributed by atoms with Crippen LogP contribution in [0.15, 0.2) is 79.1 Å². The van der Waals surface area contributed by atoms with Crippen LogP contribution in [0, 0.1) is 17.2 Å². The second kappa shape index (κ2) is 11.6. The van der Waals surface area contributed by atoms with E-state index in [-0.39, 0.29) is 18.6 Å². The molecular weight excluding hydrogens is 538 g/mol. The molecule has 0 unspecified atom stereocenters. The van der Waals surface area contributed by atoms with Crippen molar-refractivity contribution in [2.45, 2.75) is 32.1 Å². The summed E-state index contributed by atoms with van der Waals surface area (Å²) in [4.78, 5) is 17.5. The van der Waals surface area contributed by atoms with Gasteiger partial charge in [0.05, 0.1) is 16.5 Å². The molecule has 206 valence electrons. The molecule has 0 radical (unpaired) electrons. The molecule has 2 aliphatic rings. The maximum atomic E-state index is 11.3. The summed E-state index contributed by atoms with van der Waals surface area (Å²) in [6, 6.07) is 24.2. The Kier molecular flexibility index (Phi) is 7.60. The van der Waals surface area contributed by atoms with Gasteiger partial charge in [0.15, 0.2) is 0 Å². The minimum absolute atomic E-state index is 0.145. The third kappa shape index (κ3) is 5.76. The Morgan fingerprint density at radius 2 is 1.90 bits per heavy atom. The van der Waals surface area contributed by atoms with E-state index in [0.29, 0.717) is 41.7 Å². The van der Waals surface area contributed by atoms with Crippen molar-refractivity contribution in [3.05, 3.63) is 112 Å². The van der Waals surface area contributed by atoms with Gasteiger partial charge >= 0.3 is 5.97 Å². The van der Waals surface area contributed by atoms with Crippen LogP contribution in [-0.2, 0) is 24.4 Å². The predicted molar refractivity (Wildman–Crippen MR) is 155 cm³/mol. The second-order valence-corrected chi connectivity index (χ2v) is 10.9. The van der Waals surface area contributed by atoms with Gasteiger partial charge in [-0.05, 0) is 47.2 Å². The predicted octanol–water partition coefficient (Wildman–Crippen LogP) is 6.44. The largest absolute Gasteiger partial charge is 0.488 e. The van der Waals surface area contributed by atoms with Crippen molar-refractivity contribution in [2.24, 2.45) is 5.92 Å². The molecule has 1 aliphatic carbocycles. The summed E-state index contributed by atoms with van der Waals surface area (Å²) in [5.41, 5.74) is 6.93. The number of carboxylic acids is 1. The van der Waals surface area contributed by atoms with E-state index >= 15 is 0 Å². The number of carboxylic acid groups (broad SMARTS) is 1. The molecule has 1 saturated heterocycles. The van der Waals surface area contributed by atoms with E-state index in [9.17, 15) is 15.2 Å². The van der Waals surface area contributed by atoms with Crippen LogP contribution >= 0.6 is 11.6 Å². The molecule has 1 aliphatic heterocycles. The van der Waals surface area contributed by atoms with Gasteiger partial charge < -0.3 is 14.6 Å². The third-order valence-electron chi connectivity index (χ3n) is 7.70. The van der Waals surface area contributed by atoms with Gasteiger partial charge in [-0.3, -0.25) is 14.7 Å². The van der Waals surface area contributed by atoms with Crippen molar-refractivity contribution in [3.63, 3.8) is 0 Å². The average molecular weight is 566 g/mol. The number of carbonyl (C=O) groups is 1. The van der Waals surface area contributed by atoms with Crippen LogP contribution in [0.4, 0.5) is 0 Å². The number of hydrogen-bond acceptors (Lipinski definition) is 6. The number of halogens is 1. The van der Waals surface area contributed by atoms with E-state index in [1.54, 1.807) is 12.3 Å². The zero-order valence-electron chi connectivity index (χ0n) is 22.3. The molecule has 1 N–H and O–H groups in total. The van der Waals surface area contributed by atoms with Crippen LogP contribution in [-0.4, -0.2) is 34.0 Å². The van der Waals surface area contributed by atoms with Gasteiger partial charge in [0.2, 0.25) is 0 Å². The molecule has 0 saturated carbocycles. The van der Waals surface area contributed by atoms with Crippen LogP contribution in [0.2, 0.25) is 5.02 Å². The van der Waals surface area contributed by atoms with Crippen molar-refractivity contribution in [1.29, 1.82) is 5.26 Å². The molecule has 2 heterocycles. The van der Waals surface area contributed by atoms with Crippen LogP contribution < -0.4 is 9.47 Å². The molecule has 3 aromatic carbocycles. The van der Waals surface area contributed by atoms with Gasteiger partial charge in [0.25, 0.3) is 0 Å². The normalized spacial score (nSPS) is 16.4. The highest BCUT2D eigenvalue weighted by Crippen LogP contribution is 2.43. The number of likely N-dealkylation sites (tertiary alicyclic amines) is 1. The molecule has 1 atom stereocenters. The first-order valence-electron chi connectivity index (χ1n) is 13.6. The molecule has 0 bridgehead atoms. The van der Waals surface area contributed by atoms with Crippen LogP contribution in [0.5, 0.6) is 11.5 Å². The van der Waals surface area contributed by atoms with Gasteiger partial charge in [-0.1, -0.05) is 60.1 Å². The summed E-state index contributed by atoms with van der Waals surface area (Å²) in [7, 11) is 0. The number of nitrogens with zero attached hydrogens (tertiary/aromatic N) is 3. The number of benzene rings is 3. The third-order valence-corrected chi connectivity index (χ3v) is 8.00. The van der Waals surface area contributed by atoms with Crippen molar-refractivity contribution >= 4 is 17.6 Å². The van der Waals surface area contributed by atoms with Crippen LogP contribution in [0.1, 0.15) is 40.3 Å². The number of nitriles is 1. The lowest BCUT2D eigenvalue weighted by Crippen LogP contribution is -2.49. The Morgan fingerprint density at radius 3 is 2.68 bits per heavy atom. The van der Waals surface area contributed by atoms with Crippen molar-refractivity contribution in [1.82, 2.24) is 9.88 Å². The fourth-order valence-electron chi connectivity index (χ4n) is 5.59. The number of fused-ring (bicyclic) bond motifs is 1. The zero-order chi connectivity index (χ0) is 28.3. The monoisotopic (exact) mass is 565 g/mol. The SMILES string of the molecule is N#Cc1cncc(COc2cc(O[C@H]3CCc4c(-c5ccccc5)cccc43)c(Cl)cc2CN2CC(C(=O)O)C2)c1. The molecule has 0 spiro atoms. The topological polar surface area (TPSA) is 95.7 Å². The highest BCUT2D eigenvalue weighted by Gasteiger charge is 2.33. The van der Waals surface area contributed by atoms with Gasteiger partial charge in [0, 0.05) is 49.2 Å². The number of rotatable bonds is 9. The van der Waals surface area contributed by atoms with Crippen molar-refractivity contribution in [2.75, 3.05) is 13.1 Å². The lowest BCUT2D eigenvalue weighted by Gasteiger charge is -2.37. The van der Waals surface area contributed by atoms with Gasteiger partial charge in [-0.25, -0.2) is 0 Å². The molecule has 0 amide bonds. The molecule has 4 aromatic rings. The summed E-state index contributed by atoms with van der Waals surface area (Å²) in [6.45, 7) is 1.66. The second-order valence-electron chi connectivity index (χ2n) is 10.5. The van der Waals surface area contributed by atoms with E-state index in [1.165, 1.54) is 22.9 Å². The fourth-order valence-corrected chi connectivity index (χ4v) is 5.82. The lowest BCUT2D eigenvalue weighted by atomic mass is 9.97. The number of hydrogen-bond donors (Lipinski definition) is 1. The van der Waals surface area contributed by atoms with E-state index in [4.69, 9.17) is 21.1 Å². The smallest absolute Gasteiger partial charge is 0.309 e. The minimum atomic E-state index is -0.781. The minimum Gasteiger partial charge on any atom is -0.488 e. The molecule has 6 rings (SSSR count). The Labute approximate surface area is 243 Å². The van der Waals surface area contributed by atoms with Crippen LogP contribution in [0.3, 0.4) is 0 Å². The Bertz CT molecular complexity index is 1630. The maximum absolute atomic E-state index is 11.3. The first kappa shape index (κ1) is 26.8. The van der Waals surface area contributed by atoms with Crippen molar-refractivity contribution in [3.8, 4) is 28.7 Å². The Balaban J connectivity index is 1.26. The number of pyridine rings is 1. The quantitative estimate of drug-likeness (QED) is 0.250. The summed E-state index contributed by atoms with van der Waals surface area (Å²) in [6.07, 6.45) is 4.78. The lowest BCUT2D eigenvalue weighted by molar-refractivity contribution is -0.147. The molecule has 8 heteroatoms. The summed E-state index contributed by atoms with van der Waals surface area (Å²) in [5.74, 6) is -0.0109. The first-order valence-corrected chi connectivity index (χ1v) is 13.9. The molecule has 1 fully saturated rings. The van der Waals surface area contributed by atoms with Gasteiger partial charge in [-0.15, -0.1) is 0 Å². The van der Waals surface area contributed by atoms with Gasteiger partial charge in [0.1, 0.15) is 30.3 Å². The number of ether oxygens (including phenoxy) is 2. The summed E-state index contributed by atoms with van der Waals surface area (Å²) >= 11 is 6.78. The number of aromatic nitrogens is 1. The van der Waals surface area contributed by atoms with Crippen LogP contribution in [0.25, 0.3) is 11.1 Å². The summed E-state index contributed by atoms with van der Waals surface area (Å²) in [5, 5.41) is 19.0. The highest BCUT2D eigenvalue weighted by molar-refractivity contribution is 6.32. The summed E-state index contributed by atoms with van der Waals surface area (Å²) < 4.78 is 12.8. The van der Waals surface area contributed by atoms with E-state index in [1.807, 2.05) is 23.1 Å². The molecule has 1 aromatic heterocycles. The maximum Gasteiger partial charge on any atom is 0.309 e. The number of aliphatic carboxylic acids is 1. The molecule has 41 heavy (non-hydrogen) atoms. The van der Waals surface area contributed by atoms with E-state index in [2.05, 4.69) is 53.5 Å². The highest BCUT2D eigenvalue weighted by atomic mass is 35.5. The molecule has 7 nitrogen and oxygen atoms in total. The first-order chi connectivity index (χ1) is 20.0. The van der Waals surface area contributed by atoms with Crippen molar-refractivity contribution < 1.29 is 19.4 Å². The van der Waals surface area contributed by atoms with E-state index < -0.39 is 5.97 Å². The Morgan fingerprint density at radius 1 is 1.07 bits per heavy atom. The fraction of sp³-hybridized carbons (Fsp3) is 0.242. The zero-order valence-corrected chi connectivity index (χ0v) is 23.1. The standard InChI is InChI=1S/C33H28ClN3O4/c34-29-12-24(17-37-18-25(19-37)33(38)39)31(40-20-22-11-21(14-35)15-36-16-22)13-32(29)41-30-10-9-27-26(7-4-8-28(27)30)23-5-2-1-3-6-23/h1-8,11-13,15-16,25,30H,9-10,17-20H2,(H,38,39)/t30-/m0/s1. The average Bonchev–Trinajstić information content (AvgIpc) is 3.38. The van der Waals surface area contributed by atoms with Gasteiger partial charge in [-0.2, -0.15) is 5.26 Å². The molecular formula is C33H28ClN3O4. The Hall–Kier alpha value is -4.38.